The van der Waals surface area contributed by atoms with Crippen molar-refractivity contribution < 1.29 is 54.0 Å². The lowest BCUT2D eigenvalue weighted by Crippen LogP contribution is -2.63. The molecule has 0 saturated carbocycles. The van der Waals surface area contributed by atoms with Gasteiger partial charge in [0.2, 0.25) is 0 Å². The van der Waals surface area contributed by atoms with E-state index in [1.54, 1.807) is 41.5 Å². The first-order valence-corrected chi connectivity index (χ1v) is 10.6. The quantitative estimate of drug-likeness (QED) is 0.375. The lowest BCUT2D eigenvalue weighted by atomic mass is 9.78. The standard InChI is InChI=1S/C19H24F6O6S/c1-15(2,3)11-7-10(8-12(13(11)26)16(4,5)6)14(27)31-17(18(20,21)22,19(23,24)25)9-32(28,29)30/h7-8,26H,9H2,1-6H3,(H,28,29,30)/p-1. The van der Waals surface area contributed by atoms with Crippen LogP contribution in [0.3, 0.4) is 0 Å². The number of carbonyl (C=O) groups excluding carboxylic acids is 1. The largest absolute Gasteiger partial charge is 0.748 e. The van der Waals surface area contributed by atoms with E-state index in [0.717, 1.165) is 12.1 Å². The molecule has 0 saturated heterocycles. The van der Waals surface area contributed by atoms with Gasteiger partial charge in [0.05, 0.1) is 21.4 Å². The van der Waals surface area contributed by atoms with E-state index in [2.05, 4.69) is 4.74 Å². The summed E-state index contributed by atoms with van der Waals surface area (Å²) < 4.78 is 117. The third kappa shape index (κ3) is 5.85. The molecule has 0 amide bonds. The molecule has 1 N–H and O–H groups in total. The van der Waals surface area contributed by atoms with Crippen molar-refractivity contribution in [2.45, 2.75) is 70.3 Å². The van der Waals surface area contributed by atoms with E-state index in [9.17, 15) is 49.2 Å². The molecule has 0 fully saturated rings. The lowest BCUT2D eigenvalue weighted by molar-refractivity contribution is -0.356. The molecule has 0 bridgehead atoms. The summed E-state index contributed by atoms with van der Waals surface area (Å²) in [5.41, 5.74) is -8.12. The Kier molecular flexibility index (Phi) is 7.08. The van der Waals surface area contributed by atoms with Gasteiger partial charge in [-0.2, -0.15) is 26.3 Å². The maximum atomic E-state index is 13.4. The minimum atomic E-state index is -6.48. The van der Waals surface area contributed by atoms with Gasteiger partial charge < -0.3 is 14.4 Å². The molecule has 0 aliphatic carbocycles. The highest BCUT2D eigenvalue weighted by molar-refractivity contribution is 7.85. The molecule has 0 radical (unpaired) electrons. The average Bonchev–Trinajstić information content (AvgIpc) is 2.48. The van der Waals surface area contributed by atoms with Crippen molar-refractivity contribution in [2.75, 3.05) is 5.75 Å². The number of esters is 1. The molecule has 13 heteroatoms. The second-order valence-corrected chi connectivity index (χ2v) is 10.7. The van der Waals surface area contributed by atoms with Crippen LogP contribution in [0.2, 0.25) is 0 Å². The highest BCUT2D eigenvalue weighted by Crippen LogP contribution is 2.48. The van der Waals surface area contributed by atoms with Crippen molar-refractivity contribution in [3.8, 4) is 5.75 Å². The van der Waals surface area contributed by atoms with Gasteiger partial charge in [-0.15, -0.1) is 0 Å². The number of halogens is 6. The van der Waals surface area contributed by atoms with Crippen molar-refractivity contribution in [3.05, 3.63) is 28.8 Å². The summed E-state index contributed by atoms with van der Waals surface area (Å²) in [7, 11) is -6.15. The Balaban J connectivity index is 3.82. The fourth-order valence-electron chi connectivity index (χ4n) is 2.83. The van der Waals surface area contributed by atoms with Crippen molar-refractivity contribution in [1.82, 2.24) is 0 Å². The summed E-state index contributed by atoms with van der Waals surface area (Å²) in [5, 5.41) is 10.6. The predicted octanol–water partition coefficient (Wildman–Crippen LogP) is 4.55. The smallest absolute Gasteiger partial charge is 0.438 e. The molecule has 0 unspecified atom stereocenters. The number of hydrogen-bond acceptors (Lipinski definition) is 6. The predicted molar refractivity (Wildman–Crippen MR) is 100 cm³/mol. The van der Waals surface area contributed by atoms with E-state index in [1.165, 1.54) is 0 Å². The zero-order valence-electron chi connectivity index (χ0n) is 18.0. The van der Waals surface area contributed by atoms with Crippen LogP contribution in [0.25, 0.3) is 0 Å². The minimum Gasteiger partial charge on any atom is -0.748 e. The first-order chi connectivity index (χ1) is 13.8. The molecule has 0 spiro atoms. The normalized spacial score (nSPS) is 14.4. The van der Waals surface area contributed by atoms with Crippen LogP contribution >= 0.6 is 0 Å². The molecule has 6 nitrogen and oxygen atoms in total. The van der Waals surface area contributed by atoms with Crippen LogP contribution in [0, 0.1) is 0 Å². The van der Waals surface area contributed by atoms with Crippen LogP contribution in [0.5, 0.6) is 5.75 Å². The molecule has 0 atom stereocenters. The van der Waals surface area contributed by atoms with E-state index in [-0.39, 0.29) is 16.9 Å². The highest BCUT2D eigenvalue weighted by Gasteiger charge is 2.75. The van der Waals surface area contributed by atoms with Crippen molar-refractivity contribution in [1.29, 1.82) is 0 Å². The van der Waals surface area contributed by atoms with Gasteiger partial charge in [0, 0.05) is 11.1 Å². The maximum absolute atomic E-state index is 13.4. The van der Waals surface area contributed by atoms with Gasteiger partial charge in [0.1, 0.15) is 5.75 Å². The Morgan fingerprint density at radius 2 is 1.25 bits per heavy atom. The number of carbonyl (C=O) groups is 1. The highest BCUT2D eigenvalue weighted by atomic mass is 32.2. The van der Waals surface area contributed by atoms with Crippen LogP contribution < -0.4 is 0 Å². The van der Waals surface area contributed by atoms with Crippen molar-refractivity contribution in [2.24, 2.45) is 0 Å². The summed E-state index contributed by atoms with van der Waals surface area (Å²) in [6.07, 6.45) is -13.0. The number of hydrogen-bond donors (Lipinski definition) is 1. The Morgan fingerprint density at radius 1 is 0.906 bits per heavy atom. The maximum Gasteiger partial charge on any atom is 0.438 e. The fourth-order valence-corrected chi connectivity index (χ4v) is 3.72. The van der Waals surface area contributed by atoms with Crippen molar-refractivity contribution in [3.63, 3.8) is 0 Å². The van der Waals surface area contributed by atoms with E-state index in [1.807, 2.05) is 0 Å². The van der Waals surface area contributed by atoms with Crippen LogP contribution in [0.15, 0.2) is 12.1 Å². The average molecular weight is 493 g/mol. The molecule has 32 heavy (non-hydrogen) atoms. The van der Waals surface area contributed by atoms with Crippen LogP contribution in [-0.4, -0.2) is 47.8 Å². The van der Waals surface area contributed by atoms with Gasteiger partial charge in [0.25, 0.3) is 0 Å². The Bertz CT molecular complexity index is 933. The molecule has 0 aliphatic rings. The molecule has 0 heterocycles. The number of alkyl halides is 6. The topological polar surface area (TPSA) is 104 Å². The Hall–Kier alpha value is -2.02. The molecule has 184 valence electrons. The monoisotopic (exact) mass is 493 g/mol. The molecular formula is C19H23F6O6S-. The number of phenolic OH excluding ortho intramolecular Hbond substituents is 1. The second-order valence-electron chi connectivity index (χ2n) is 9.33. The van der Waals surface area contributed by atoms with E-state index >= 15 is 0 Å². The zero-order valence-corrected chi connectivity index (χ0v) is 18.8. The van der Waals surface area contributed by atoms with Gasteiger partial charge in [-0.1, -0.05) is 41.5 Å². The molecule has 0 aliphatic heterocycles. The number of aromatic hydroxyl groups is 1. The first-order valence-electron chi connectivity index (χ1n) is 9.02. The molecule has 1 rings (SSSR count). The van der Waals surface area contributed by atoms with Gasteiger partial charge in [-0.05, 0) is 23.0 Å². The first kappa shape index (κ1) is 28.0. The number of phenols is 1. The Morgan fingerprint density at radius 3 is 1.50 bits per heavy atom. The second kappa shape index (κ2) is 8.08. The number of ether oxygens (including phenoxy) is 1. The van der Waals surface area contributed by atoms with Crippen LogP contribution in [-0.2, 0) is 25.7 Å². The number of rotatable bonds is 4. The van der Waals surface area contributed by atoms with E-state index in [0.29, 0.717) is 0 Å². The molecular weight excluding hydrogens is 470 g/mol. The van der Waals surface area contributed by atoms with E-state index in [4.69, 9.17) is 0 Å². The van der Waals surface area contributed by atoms with E-state index < -0.39 is 56.2 Å². The van der Waals surface area contributed by atoms with Gasteiger partial charge in [0.15, 0.2) is 0 Å². The lowest BCUT2D eigenvalue weighted by Gasteiger charge is -2.37. The van der Waals surface area contributed by atoms with Gasteiger partial charge >= 0.3 is 23.9 Å². The van der Waals surface area contributed by atoms with Crippen LogP contribution in [0.4, 0.5) is 26.3 Å². The molecule has 1 aromatic rings. The summed E-state index contributed by atoms with van der Waals surface area (Å²) in [4.78, 5) is 12.5. The molecule has 1 aromatic carbocycles. The van der Waals surface area contributed by atoms with Gasteiger partial charge in [-0.25, -0.2) is 13.2 Å². The third-order valence-electron chi connectivity index (χ3n) is 4.52. The summed E-state index contributed by atoms with van der Waals surface area (Å²) in [5.74, 6) is -5.57. The Labute approximate surface area is 181 Å². The fraction of sp³-hybridized carbons (Fsp3) is 0.632. The number of benzene rings is 1. The van der Waals surface area contributed by atoms with Crippen molar-refractivity contribution >= 4 is 16.1 Å². The summed E-state index contributed by atoms with van der Waals surface area (Å²) >= 11 is 0. The SMILES string of the molecule is CC(C)(C)c1cc(C(=O)OC(CS(=O)(=O)[O-])(C(F)(F)F)C(F)(F)F)cc(C(C)(C)C)c1O. The third-order valence-corrected chi connectivity index (χ3v) is 5.28. The molecule has 0 aromatic heterocycles. The summed E-state index contributed by atoms with van der Waals surface area (Å²) in [6.45, 7) is 9.44. The zero-order chi connectivity index (χ0) is 25.7. The van der Waals surface area contributed by atoms with Crippen LogP contribution in [0.1, 0.15) is 63.0 Å². The minimum absolute atomic E-state index is 0.0259. The van der Waals surface area contributed by atoms with Gasteiger partial charge in [-0.3, -0.25) is 0 Å². The summed E-state index contributed by atoms with van der Waals surface area (Å²) in [6, 6.07) is 1.71.